The van der Waals surface area contributed by atoms with Gasteiger partial charge in [0.15, 0.2) is 0 Å². The van der Waals surface area contributed by atoms with E-state index >= 15 is 0 Å². The Morgan fingerprint density at radius 2 is 1.62 bits per heavy atom. The van der Waals surface area contributed by atoms with Crippen LogP contribution < -0.4 is 0 Å². The Bertz CT molecular complexity index is 1430. The number of hydrogen-bond acceptors (Lipinski definition) is 3. The van der Waals surface area contributed by atoms with Crippen LogP contribution in [0.1, 0.15) is 117 Å². The Balaban J connectivity index is 1.08. The van der Waals surface area contributed by atoms with E-state index in [0.717, 1.165) is 50.0 Å². The molecule has 45 heavy (non-hydrogen) atoms. The monoisotopic (exact) mass is 608 g/mol. The van der Waals surface area contributed by atoms with E-state index in [-0.39, 0.29) is 16.9 Å². The molecule has 1 amide bonds. The molecular formula is C41H56N2O2. The summed E-state index contributed by atoms with van der Waals surface area (Å²) in [7, 11) is 0. The molecule has 1 aromatic carbocycles. The van der Waals surface area contributed by atoms with Gasteiger partial charge in [-0.1, -0.05) is 63.3 Å². The Labute approximate surface area is 272 Å². The predicted molar refractivity (Wildman–Crippen MR) is 178 cm³/mol. The van der Waals surface area contributed by atoms with Gasteiger partial charge in [-0.3, -0.25) is 4.79 Å². The molecule has 8 rings (SSSR count). The molecule has 1 saturated heterocycles. The summed E-state index contributed by atoms with van der Waals surface area (Å²) < 4.78 is 0. The lowest BCUT2D eigenvalue weighted by atomic mass is 9.40. The summed E-state index contributed by atoms with van der Waals surface area (Å²) in [6, 6.07) is 13.0. The van der Waals surface area contributed by atoms with Crippen molar-refractivity contribution in [2.24, 2.45) is 56.7 Å². The number of amides is 1. The fourth-order valence-electron chi connectivity index (χ4n) is 14.6. The highest BCUT2D eigenvalue weighted by atomic mass is 16.3. The van der Waals surface area contributed by atoms with Gasteiger partial charge in [0.2, 0.25) is 5.91 Å². The number of hydrogen-bond donors (Lipinski definition) is 1. The van der Waals surface area contributed by atoms with Crippen molar-refractivity contribution in [3.05, 3.63) is 48.0 Å². The number of aliphatic hydroxyl groups excluding tert-OH is 1. The molecule has 10 atom stereocenters. The van der Waals surface area contributed by atoms with Crippen LogP contribution in [-0.4, -0.2) is 35.1 Å². The molecule has 1 heterocycles. The lowest BCUT2D eigenvalue weighted by Gasteiger charge is -2.65. The SMILES string of the molecule is C=C(C)[C@@H]1CC[C@]2(C(=O)N3CCC(C#N)(c4ccccc4)CC3)CC[C@@]34C[C@]35CC[C@H]3C(C)(C)[C@@H](O)CC[C@]3(C)[C@H]5CC[C@@H]4[C@@H]12. The van der Waals surface area contributed by atoms with Gasteiger partial charge < -0.3 is 10.0 Å². The van der Waals surface area contributed by atoms with Crippen LogP contribution in [0.15, 0.2) is 42.5 Å². The summed E-state index contributed by atoms with van der Waals surface area (Å²) in [5.74, 6) is 3.29. The van der Waals surface area contributed by atoms with Crippen molar-refractivity contribution in [2.75, 3.05) is 13.1 Å². The first kappa shape index (κ1) is 30.2. The summed E-state index contributed by atoms with van der Waals surface area (Å²) in [5, 5.41) is 21.4. The van der Waals surface area contributed by atoms with Crippen molar-refractivity contribution in [3.63, 3.8) is 0 Å². The number of carbonyl (C=O) groups excluding carboxylic acids is 1. The molecule has 6 saturated carbocycles. The van der Waals surface area contributed by atoms with Crippen molar-refractivity contribution in [3.8, 4) is 6.07 Å². The number of allylic oxidation sites excluding steroid dienone is 1. The molecule has 1 aliphatic heterocycles. The number of likely N-dealkylation sites (tertiary alicyclic amines) is 1. The number of carbonyl (C=O) groups is 1. The number of benzene rings is 1. The molecule has 0 bridgehead atoms. The third kappa shape index (κ3) is 3.72. The third-order valence-corrected chi connectivity index (χ3v) is 16.8. The first-order chi connectivity index (χ1) is 21.4. The van der Waals surface area contributed by atoms with Crippen molar-refractivity contribution >= 4 is 5.91 Å². The van der Waals surface area contributed by atoms with Crippen LogP contribution in [0, 0.1) is 68.0 Å². The standard InChI is InChI=1S/C41H56N2O2/c1-27(2)29-13-17-39(35(45)43-23-21-38(26-42,22-24-43)28-9-7-6-8-10-28)19-20-40-25-41(40)18-14-31-36(3,4)33(44)15-16-37(31,5)32(41)12-11-30(40)34(29)39/h6-10,29-34,44H,1,11-25H2,2-5H3/t29-,30+,31-,32+,33-,34+,37-,39-,40-,41-/m0/s1. The second-order valence-corrected chi connectivity index (χ2v) is 18.2. The highest BCUT2D eigenvalue weighted by Crippen LogP contribution is 2.88. The summed E-state index contributed by atoms with van der Waals surface area (Å²) in [5.41, 5.74) is 2.83. The quantitative estimate of drug-likeness (QED) is 0.350. The average Bonchev–Trinajstić information content (AvgIpc) is 3.53. The number of fused-ring (bicyclic) bond motifs is 4. The van der Waals surface area contributed by atoms with Crippen LogP contribution in [0.4, 0.5) is 0 Å². The molecule has 0 aromatic heterocycles. The van der Waals surface area contributed by atoms with Gasteiger partial charge in [0.25, 0.3) is 0 Å². The molecule has 7 aliphatic rings. The zero-order valence-electron chi connectivity index (χ0n) is 28.4. The van der Waals surface area contributed by atoms with Gasteiger partial charge in [-0.2, -0.15) is 5.26 Å². The molecule has 2 spiro atoms. The minimum Gasteiger partial charge on any atom is -0.393 e. The number of piperidine rings is 1. The van der Waals surface area contributed by atoms with E-state index in [2.05, 4.69) is 57.4 Å². The topological polar surface area (TPSA) is 64.3 Å². The maximum Gasteiger partial charge on any atom is 0.229 e. The third-order valence-electron chi connectivity index (χ3n) is 16.8. The number of rotatable bonds is 3. The number of nitriles is 1. The molecule has 1 aromatic rings. The van der Waals surface area contributed by atoms with Crippen LogP contribution in [0.3, 0.4) is 0 Å². The Hall–Kier alpha value is -2.12. The summed E-state index contributed by atoms with van der Waals surface area (Å²) in [4.78, 5) is 17.2. The van der Waals surface area contributed by atoms with E-state index in [9.17, 15) is 15.2 Å². The van der Waals surface area contributed by atoms with Crippen LogP contribution >= 0.6 is 0 Å². The summed E-state index contributed by atoms with van der Waals surface area (Å²) in [6.45, 7) is 15.5. The molecule has 4 nitrogen and oxygen atoms in total. The van der Waals surface area contributed by atoms with Gasteiger partial charge >= 0.3 is 0 Å². The molecule has 0 radical (unpaired) electrons. The normalized spacial score (nSPS) is 47.2. The maximum atomic E-state index is 15.0. The molecule has 0 unspecified atom stereocenters. The second-order valence-electron chi connectivity index (χ2n) is 18.2. The van der Waals surface area contributed by atoms with Crippen molar-refractivity contribution in [2.45, 2.75) is 123 Å². The number of nitrogens with zero attached hydrogens (tertiary/aromatic N) is 2. The molecule has 242 valence electrons. The van der Waals surface area contributed by atoms with Gasteiger partial charge in [0.05, 0.1) is 23.0 Å². The van der Waals surface area contributed by atoms with Crippen molar-refractivity contribution < 1.29 is 9.90 Å². The zero-order valence-corrected chi connectivity index (χ0v) is 28.4. The van der Waals surface area contributed by atoms with E-state index in [0.29, 0.717) is 58.9 Å². The van der Waals surface area contributed by atoms with Crippen LogP contribution in [0.5, 0.6) is 0 Å². The molecule has 4 heteroatoms. The molecule has 7 fully saturated rings. The first-order valence-corrected chi connectivity index (χ1v) is 18.5. The van der Waals surface area contributed by atoms with E-state index in [4.69, 9.17) is 0 Å². The molecule has 1 N–H and O–H groups in total. The largest absolute Gasteiger partial charge is 0.393 e. The van der Waals surface area contributed by atoms with E-state index in [1.807, 2.05) is 18.2 Å². The Morgan fingerprint density at radius 1 is 0.889 bits per heavy atom. The lowest BCUT2D eigenvalue weighted by molar-refractivity contribution is -0.187. The Kier molecular flexibility index (Phi) is 6.53. The first-order valence-electron chi connectivity index (χ1n) is 18.5. The average molecular weight is 609 g/mol. The van der Waals surface area contributed by atoms with Gasteiger partial charge in [0, 0.05) is 13.1 Å². The summed E-state index contributed by atoms with van der Waals surface area (Å²) in [6.07, 6.45) is 14.4. The van der Waals surface area contributed by atoms with Crippen LogP contribution in [-0.2, 0) is 10.2 Å². The minimum atomic E-state index is -0.487. The lowest BCUT2D eigenvalue weighted by Crippen LogP contribution is -2.61. The van der Waals surface area contributed by atoms with Crippen molar-refractivity contribution in [1.29, 1.82) is 5.26 Å². The van der Waals surface area contributed by atoms with Gasteiger partial charge in [-0.15, -0.1) is 0 Å². The van der Waals surface area contributed by atoms with E-state index in [1.165, 1.54) is 50.5 Å². The van der Waals surface area contributed by atoms with Crippen molar-refractivity contribution in [1.82, 2.24) is 4.90 Å². The van der Waals surface area contributed by atoms with Gasteiger partial charge in [-0.05, 0) is 147 Å². The molecular weight excluding hydrogens is 552 g/mol. The second kappa shape index (κ2) is 9.71. The smallest absolute Gasteiger partial charge is 0.229 e. The van der Waals surface area contributed by atoms with Gasteiger partial charge in [0.1, 0.15) is 0 Å². The van der Waals surface area contributed by atoms with E-state index in [1.54, 1.807) is 0 Å². The highest BCUT2D eigenvalue weighted by molar-refractivity contribution is 5.84. The Morgan fingerprint density at radius 3 is 2.31 bits per heavy atom. The summed E-state index contributed by atoms with van der Waals surface area (Å²) >= 11 is 0. The van der Waals surface area contributed by atoms with Crippen LogP contribution in [0.25, 0.3) is 0 Å². The molecule has 6 aliphatic carbocycles. The fourth-order valence-corrected chi connectivity index (χ4v) is 14.6. The predicted octanol–water partition coefficient (Wildman–Crippen LogP) is 8.45. The van der Waals surface area contributed by atoms with Crippen LogP contribution in [0.2, 0.25) is 0 Å². The fraction of sp³-hybridized carbons (Fsp3) is 0.756. The highest BCUT2D eigenvalue weighted by Gasteiger charge is 2.82. The van der Waals surface area contributed by atoms with Gasteiger partial charge in [-0.25, -0.2) is 0 Å². The maximum absolute atomic E-state index is 15.0. The zero-order chi connectivity index (χ0) is 31.6. The van der Waals surface area contributed by atoms with E-state index < -0.39 is 5.41 Å². The minimum absolute atomic E-state index is 0.00373. The number of aliphatic hydroxyl groups is 1.